The van der Waals surface area contributed by atoms with Crippen LogP contribution in [0.4, 0.5) is 0 Å². The topological polar surface area (TPSA) is 17.4 Å². The van der Waals surface area contributed by atoms with Crippen molar-refractivity contribution in [2.24, 2.45) is 0 Å². The molecule has 6 rings (SSSR count). The zero-order valence-electron chi connectivity index (χ0n) is 32.5. The van der Waals surface area contributed by atoms with Gasteiger partial charge in [-0.3, -0.25) is 9.69 Å². The quantitative estimate of drug-likeness (QED) is 0.0781. The third-order valence-electron chi connectivity index (χ3n) is 11.9. The third-order valence-corrected chi connectivity index (χ3v) is 11.9. The van der Waals surface area contributed by atoms with Crippen LogP contribution < -0.4 is 0 Å². The maximum Gasteiger partial charge on any atom is 0.282 e. The first-order valence-corrected chi connectivity index (χ1v) is 19.9. The summed E-state index contributed by atoms with van der Waals surface area (Å²) in [5, 5.41) is 0. The summed E-state index contributed by atoms with van der Waals surface area (Å²) in [5.41, 5.74) is 2.47. The van der Waals surface area contributed by atoms with E-state index in [-0.39, 0.29) is 0 Å². The monoisotopic (exact) mass is 740 g/mol. The van der Waals surface area contributed by atoms with Crippen LogP contribution in [-0.2, 0) is 22.2 Å². The highest BCUT2D eigenvalue weighted by molar-refractivity contribution is 5.44. The number of hydrogen-bond donors (Lipinski definition) is 0. The Balaban J connectivity index is 1.27. The molecule has 0 bridgehead atoms. The van der Waals surface area contributed by atoms with Gasteiger partial charge in [0, 0.05) is 71.9 Å². The van der Waals surface area contributed by atoms with Crippen molar-refractivity contribution in [2.75, 3.05) is 0 Å². The van der Waals surface area contributed by atoms with Gasteiger partial charge in [0.05, 0.1) is 0 Å². The van der Waals surface area contributed by atoms with Gasteiger partial charge in [0.25, 0.3) is 22.2 Å². The highest BCUT2D eigenvalue weighted by Gasteiger charge is 2.47. The van der Waals surface area contributed by atoms with E-state index in [0.29, 0.717) is 57.8 Å². The lowest BCUT2D eigenvalue weighted by Gasteiger charge is -2.28. The third kappa shape index (κ3) is 8.58. The molecule has 0 heterocycles. The van der Waals surface area contributed by atoms with Gasteiger partial charge in [0.1, 0.15) is 0 Å². The highest BCUT2D eigenvalue weighted by Crippen LogP contribution is 2.46. The maximum absolute atomic E-state index is 8.74. The van der Waals surface area contributed by atoms with E-state index in [1.165, 1.54) is 0 Å². The minimum Gasteiger partial charge on any atom is -0.305 e. The average Bonchev–Trinajstić information content (AvgIpc) is 3.30. The molecule has 0 saturated heterocycles. The first kappa shape index (κ1) is 40.0. The summed E-state index contributed by atoms with van der Waals surface area (Å²) < 4.78 is 0. The Morgan fingerprint density at radius 3 is 0.684 bits per heavy atom. The molecule has 0 aliphatic heterocycles. The van der Waals surface area contributed by atoms with E-state index in [1.807, 2.05) is 158 Å². The second-order valence-electron chi connectivity index (χ2n) is 15.0. The molecule has 0 radical (unpaired) electrons. The minimum absolute atomic E-state index is 0.580. The van der Waals surface area contributed by atoms with Crippen molar-refractivity contribution in [3.63, 3.8) is 0 Å². The van der Waals surface area contributed by atoms with Gasteiger partial charge in [-0.15, -0.1) is 0 Å². The maximum atomic E-state index is 8.74. The molecule has 0 spiro atoms. The van der Waals surface area contributed by atoms with Gasteiger partial charge in [0.2, 0.25) is 0 Å². The lowest BCUT2D eigenvalue weighted by atomic mass is 9.74. The molecule has 280 valence electrons. The molecule has 4 nitrogen and oxygen atoms in total. The van der Waals surface area contributed by atoms with Crippen molar-refractivity contribution in [2.45, 2.75) is 79.9 Å². The zero-order valence-corrected chi connectivity index (χ0v) is 32.5. The Labute approximate surface area is 339 Å². The molecule has 2 unspecified atom stereocenters. The highest BCUT2D eigenvalue weighted by atomic mass is 14.8. The molecule has 57 heavy (non-hydrogen) atoms. The van der Waals surface area contributed by atoms with Crippen LogP contribution in [0, 0.1) is 26.3 Å². The van der Waals surface area contributed by atoms with Gasteiger partial charge in [0.15, 0.2) is 0 Å². The molecule has 6 aromatic rings. The molecular formula is C53H48N4. The van der Waals surface area contributed by atoms with Gasteiger partial charge in [-0.2, -0.15) is 0 Å². The second-order valence-corrected chi connectivity index (χ2v) is 15.0. The lowest BCUT2D eigenvalue weighted by Crippen LogP contribution is -2.28. The van der Waals surface area contributed by atoms with Crippen LogP contribution in [0.1, 0.15) is 91.2 Å². The first-order valence-electron chi connectivity index (χ1n) is 19.9. The Morgan fingerprint density at radius 2 is 0.474 bits per heavy atom. The number of nitrogens with zero attached hydrogens (tertiary/aromatic N) is 4. The number of rotatable bonds is 18. The lowest BCUT2D eigenvalue weighted by molar-refractivity contribution is 0.347. The molecule has 6 aromatic carbocycles. The molecule has 0 N–H and O–H groups in total. The molecule has 0 aliphatic rings. The van der Waals surface area contributed by atoms with E-state index in [9.17, 15) is 0 Å². The van der Waals surface area contributed by atoms with Gasteiger partial charge in [-0.1, -0.05) is 182 Å². The molecule has 4 heteroatoms. The molecule has 2 atom stereocenters. The summed E-state index contributed by atoms with van der Waals surface area (Å²) >= 11 is 0. The van der Waals surface area contributed by atoms with Crippen LogP contribution in [-0.4, -0.2) is 0 Å². The molecule has 0 aromatic heterocycles. The Morgan fingerprint density at radius 1 is 0.263 bits per heavy atom. The van der Waals surface area contributed by atoms with Crippen LogP contribution >= 0.6 is 0 Å². The number of benzene rings is 6. The molecular weight excluding hydrogens is 693 g/mol. The predicted octanol–water partition coefficient (Wildman–Crippen LogP) is 13.9. The van der Waals surface area contributed by atoms with Gasteiger partial charge in [-0.25, -0.2) is 26.3 Å². The molecule has 0 fully saturated rings. The van der Waals surface area contributed by atoms with Crippen molar-refractivity contribution in [1.29, 1.82) is 0 Å². The van der Waals surface area contributed by atoms with Crippen molar-refractivity contribution in [3.8, 4) is 0 Å². The van der Waals surface area contributed by atoms with Crippen LogP contribution in [0.3, 0.4) is 0 Å². The van der Waals surface area contributed by atoms with E-state index in [4.69, 9.17) is 26.3 Å². The fourth-order valence-corrected chi connectivity index (χ4v) is 8.76. The fourth-order valence-electron chi connectivity index (χ4n) is 8.76. The summed E-state index contributed by atoms with van der Waals surface area (Å²) in [6.45, 7) is 34.5. The SMILES string of the molecule is [C-]#[N+]C(CCCC(CCCC([N+]#[C-])(c1ccccc1)c1ccccc1)([N+]#[C-])c1ccccc1)(CCCC([N+]#[C-])(c1ccccc1)c1ccccc1)c1ccccc1. The van der Waals surface area contributed by atoms with Gasteiger partial charge < -0.3 is 9.69 Å². The Bertz CT molecular complexity index is 2070. The first-order chi connectivity index (χ1) is 28.0. The van der Waals surface area contributed by atoms with Gasteiger partial charge in [-0.05, 0) is 19.3 Å². The standard InChI is InChI=1S/C53H48N4/c1-54-50(44-26-11-5-12-27-44,40-24-42-52(56-3,46-30-15-7-16-31-46)47-32-17-8-18-33-47)38-23-39-51(55-2,45-28-13-6-14-29-45)41-25-43-53(57-4,48-34-19-9-20-35-48)49-36-21-10-22-37-49/h5-22,26-37H,23-25,38-43H2. The van der Waals surface area contributed by atoms with Crippen molar-refractivity contribution >= 4 is 0 Å². The molecule has 0 saturated carbocycles. The van der Waals surface area contributed by atoms with E-state index in [1.54, 1.807) is 0 Å². The molecule has 0 amide bonds. The van der Waals surface area contributed by atoms with Crippen LogP contribution in [0.15, 0.2) is 182 Å². The van der Waals surface area contributed by atoms with E-state index in [0.717, 1.165) is 33.4 Å². The summed E-state index contributed by atoms with van der Waals surface area (Å²) in [5.74, 6) is 0. The fraction of sp³-hybridized carbons (Fsp3) is 0.245. The largest absolute Gasteiger partial charge is 0.305 e. The number of hydrogen-bond acceptors (Lipinski definition) is 0. The van der Waals surface area contributed by atoms with Crippen LogP contribution in [0.2, 0.25) is 0 Å². The second kappa shape index (κ2) is 18.7. The van der Waals surface area contributed by atoms with Crippen molar-refractivity contribution in [1.82, 2.24) is 0 Å². The van der Waals surface area contributed by atoms with Crippen LogP contribution in [0.25, 0.3) is 19.4 Å². The summed E-state index contributed by atoms with van der Waals surface area (Å²) in [4.78, 5) is 17.5. The van der Waals surface area contributed by atoms with E-state index in [2.05, 4.69) is 43.6 Å². The Kier molecular flexibility index (Phi) is 13.1. The Hall–Kier alpha value is -6.72. The smallest absolute Gasteiger partial charge is 0.282 e. The normalized spacial score (nSPS) is 13.4. The average molecular weight is 741 g/mol. The van der Waals surface area contributed by atoms with E-state index < -0.39 is 22.2 Å². The zero-order chi connectivity index (χ0) is 39.9. The summed E-state index contributed by atoms with van der Waals surface area (Å²) in [7, 11) is 0. The predicted molar refractivity (Wildman–Crippen MR) is 232 cm³/mol. The van der Waals surface area contributed by atoms with Crippen molar-refractivity contribution < 1.29 is 0 Å². The summed E-state index contributed by atoms with van der Waals surface area (Å²) in [6, 6.07) is 60.4. The molecule has 0 aliphatic carbocycles. The van der Waals surface area contributed by atoms with Crippen molar-refractivity contribution in [3.05, 3.63) is 261 Å². The van der Waals surface area contributed by atoms with Crippen LogP contribution in [0.5, 0.6) is 0 Å². The summed E-state index contributed by atoms with van der Waals surface area (Å²) in [6.07, 6.45) is 5.54. The minimum atomic E-state index is -0.862. The van der Waals surface area contributed by atoms with E-state index >= 15 is 0 Å². The van der Waals surface area contributed by atoms with Gasteiger partial charge >= 0.3 is 0 Å².